The lowest BCUT2D eigenvalue weighted by Crippen LogP contribution is -1.87. The van der Waals surface area contributed by atoms with Crippen LogP contribution in [0.5, 0.6) is 0 Å². The highest BCUT2D eigenvalue weighted by atomic mass is 16.4. The third kappa shape index (κ3) is 12.4. The second-order valence-corrected chi connectivity index (χ2v) is 31.9. The van der Waals surface area contributed by atoms with Crippen molar-refractivity contribution < 1.29 is 13.3 Å². The van der Waals surface area contributed by atoms with E-state index in [1.54, 1.807) is 0 Å². The molecule has 0 aliphatic rings. The molecule has 23 aromatic carbocycles. The largest absolute Gasteiger partial charge is 0.435 e. The fourth-order valence-corrected chi connectivity index (χ4v) is 18.9. The summed E-state index contributed by atoms with van der Waals surface area (Å²) in [7, 11) is 0. The van der Waals surface area contributed by atoms with Crippen molar-refractivity contribution in [2.24, 2.45) is 0 Å². The zero-order valence-electron chi connectivity index (χ0n) is 66.6. The molecule has 0 bridgehead atoms. The molecule has 0 aliphatic carbocycles. The summed E-state index contributed by atoms with van der Waals surface area (Å²) in [5.74, 6) is 1.95. The molecule has 572 valence electrons. The van der Waals surface area contributed by atoms with Gasteiger partial charge in [0.25, 0.3) is 0 Å². The molecule has 3 heterocycles. The summed E-state index contributed by atoms with van der Waals surface area (Å²) in [6.45, 7) is 0. The third-order valence-corrected chi connectivity index (χ3v) is 24.8. The fraction of sp³-hybridized carbons (Fsp3) is 0. The molecular formula is C117H71N3O3. The maximum atomic E-state index is 6.42. The van der Waals surface area contributed by atoms with Gasteiger partial charge in [0.2, 0.25) is 17.7 Å². The Morgan fingerprint density at radius 3 is 0.935 bits per heavy atom. The van der Waals surface area contributed by atoms with Gasteiger partial charge in [0, 0.05) is 32.8 Å². The Hall–Kier alpha value is -16.4. The summed E-state index contributed by atoms with van der Waals surface area (Å²) in [5, 5.41) is 29.1. The maximum Gasteiger partial charge on any atom is 0.227 e. The normalized spacial score (nSPS) is 11.7. The van der Waals surface area contributed by atoms with Crippen LogP contribution in [0.4, 0.5) is 0 Å². The lowest BCUT2D eigenvalue weighted by molar-refractivity contribution is 0.623. The minimum atomic E-state index is 0.648. The summed E-state index contributed by atoms with van der Waals surface area (Å²) < 4.78 is 19.2. The molecule has 0 atom stereocenters. The first-order chi connectivity index (χ1) is 60.9. The van der Waals surface area contributed by atoms with E-state index in [1.807, 2.05) is 97.1 Å². The molecule has 0 fully saturated rings. The monoisotopic (exact) mass is 1570 g/mol. The van der Waals surface area contributed by atoms with Gasteiger partial charge in [-0.25, -0.2) is 15.0 Å². The smallest absolute Gasteiger partial charge is 0.227 e. The first kappa shape index (κ1) is 70.8. The molecule has 0 radical (unpaired) electrons. The molecule has 6 nitrogen and oxygen atoms in total. The van der Waals surface area contributed by atoms with Crippen LogP contribution >= 0.6 is 0 Å². The van der Waals surface area contributed by atoms with E-state index in [9.17, 15) is 0 Å². The van der Waals surface area contributed by atoms with Crippen LogP contribution in [0.1, 0.15) is 0 Å². The fourth-order valence-electron chi connectivity index (χ4n) is 18.9. The van der Waals surface area contributed by atoms with Crippen molar-refractivity contribution in [1.82, 2.24) is 15.0 Å². The van der Waals surface area contributed by atoms with Crippen LogP contribution in [0.15, 0.2) is 444 Å². The Labute approximate surface area is 706 Å². The number of aromatic nitrogens is 3. The van der Waals surface area contributed by atoms with E-state index in [0.717, 1.165) is 82.3 Å². The van der Waals surface area contributed by atoms with Crippen LogP contribution in [0.3, 0.4) is 0 Å². The van der Waals surface area contributed by atoms with Gasteiger partial charge in [-0.2, -0.15) is 0 Å². The minimum absolute atomic E-state index is 0.648. The molecule has 26 aromatic rings. The second-order valence-electron chi connectivity index (χ2n) is 31.9. The van der Waals surface area contributed by atoms with Gasteiger partial charge >= 0.3 is 0 Å². The van der Waals surface area contributed by atoms with E-state index < -0.39 is 0 Å². The SMILES string of the molecule is c1ccc(-c2nc3ccc4ccc5cc(-c6cc7ccc8ccccc8c7c7ccccc67)ccc5c4c3o2)cc1.c1ccc(-c2nc3ccc4ccc5cc(-c6cccc(-c7cc8ccccc8c8ccccc78)c6)ccc5c4c3o2)cc1.c1ccc(-c2nc3ccc4ccc5cc(-c6cccc(-c7cccc8ccccc78)c6)ccc5c4c3o2)cc1. The van der Waals surface area contributed by atoms with Gasteiger partial charge in [0.15, 0.2) is 16.7 Å². The lowest BCUT2D eigenvalue weighted by Gasteiger charge is -2.14. The predicted molar refractivity (Wildman–Crippen MR) is 516 cm³/mol. The van der Waals surface area contributed by atoms with Gasteiger partial charge in [-0.15, -0.1) is 0 Å². The Kier molecular flexibility index (Phi) is 16.9. The maximum absolute atomic E-state index is 6.42. The second kappa shape index (κ2) is 29.3. The van der Waals surface area contributed by atoms with Crippen molar-refractivity contribution in [3.05, 3.63) is 431 Å². The highest BCUT2D eigenvalue weighted by Gasteiger charge is 2.21. The van der Waals surface area contributed by atoms with Gasteiger partial charge < -0.3 is 13.3 Å². The highest BCUT2D eigenvalue weighted by molar-refractivity contribution is 6.26. The average molecular weight is 1570 g/mol. The first-order valence-corrected chi connectivity index (χ1v) is 41.8. The molecule has 3 aromatic heterocycles. The van der Waals surface area contributed by atoms with Crippen molar-refractivity contribution in [2.45, 2.75) is 0 Å². The molecular weight excluding hydrogens is 1500 g/mol. The Balaban J connectivity index is 0.000000104. The lowest BCUT2D eigenvalue weighted by atomic mass is 9.89. The molecule has 0 saturated heterocycles. The molecule has 0 spiro atoms. The topological polar surface area (TPSA) is 78.1 Å². The van der Waals surface area contributed by atoms with Crippen molar-refractivity contribution in [3.8, 4) is 90.0 Å². The number of rotatable bonds is 8. The first-order valence-electron chi connectivity index (χ1n) is 41.8. The molecule has 0 unspecified atom stereocenters. The third-order valence-electron chi connectivity index (χ3n) is 24.8. The molecule has 0 N–H and O–H groups in total. The van der Waals surface area contributed by atoms with Gasteiger partial charge in [0.05, 0.1) is 0 Å². The number of hydrogen-bond donors (Lipinski definition) is 0. The molecule has 26 rings (SSSR count). The van der Waals surface area contributed by atoms with E-state index in [0.29, 0.717) is 17.7 Å². The van der Waals surface area contributed by atoms with Crippen LogP contribution in [-0.4, -0.2) is 15.0 Å². The van der Waals surface area contributed by atoms with Crippen LogP contribution in [0, 0.1) is 0 Å². The summed E-state index contributed by atoms with van der Waals surface area (Å²) in [5.41, 5.74) is 20.2. The van der Waals surface area contributed by atoms with Crippen LogP contribution in [0.25, 0.3) is 253 Å². The van der Waals surface area contributed by atoms with Gasteiger partial charge in [-0.1, -0.05) is 334 Å². The standard InChI is InChI=1S/C41H25NO.C39H23NO.C37H23NO/c1-2-9-27(10-3-1)41-42-38-22-20-26-17-18-32-24-29(19-21-34(32)39(26)40(38)43-41)28-12-8-13-30(23-28)37-25-31-11-4-5-14-33(31)35-15-6-7-16-36(35)37;1-2-9-26(10-3-1)39-40-35-21-19-25-15-16-27-22-28(18-20-31(27)37(25)38(35)41-39)34-23-29-17-14-24-8-4-5-11-30(24)36(29)33-13-7-6-12-32(33)34;1-2-9-26(10-3-1)37-38-34-21-19-25-16-17-30-23-28(18-20-33(30)35(25)36(34)39-37)27-12-6-13-29(22-27)32-15-7-11-24-8-4-5-14-31(24)32/h1-25H;1-23H;1-23H. The zero-order chi connectivity index (χ0) is 81.0. The van der Waals surface area contributed by atoms with Crippen molar-refractivity contribution in [2.75, 3.05) is 0 Å². The van der Waals surface area contributed by atoms with Crippen molar-refractivity contribution in [1.29, 1.82) is 0 Å². The quantitative estimate of drug-likeness (QED) is 0.141. The number of hydrogen-bond acceptors (Lipinski definition) is 6. The molecule has 123 heavy (non-hydrogen) atoms. The molecule has 0 amide bonds. The number of nitrogens with zero attached hydrogens (tertiary/aromatic N) is 3. The Bertz CT molecular complexity index is 8760. The van der Waals surface area contributed by atoms with E-state index >= 15 is 0 Å². The zero-order valence-corrected chi connectivity index (χ0v) is 66.6. The van der Waals surface area contributed by atoms with E-state index in [4.69, 9.17) is 28.2 Å². The van der Waals surface area contributed by atoms with Gasteiger partial charge in [-0.05, 0) is 266 Å². The minimum Gasteiger partial charge on any atom is -0.435 e. The molecule has 6 heteroatoms. The Morgan fingerprint density at radius 2 is 0.431 bits per heavy atom. The Morgan fingerprint density at radius 1 is 0.138 bits per heavy atom. The van der Waals surface area contributed by atoms with Crippen LogP contribution in [0.2, 0.25) is 0 Å². The molecule has 0 saturated carbocycles. The van der Waals surface area contributed by atoms with Gasteiger partial charge in [-0.3, -0.25) is 0 Å². The predicted octanol–water partition coefficient (Wildman–Crippen LogP) is 32.7. The summed E-state index contributed by atoms with van der Waals surface area (Å²) in [4.78, 5) is 14.4. The van der Waals surface area contributed by atoms with Crippen molar-refractivity contribution in [3.63, 3.8) is 0 Å². The molecule has 0 aliphatic heterocycles. The summed E-state index contributed by atoms with van der Waals surface area (Å²) in [6, 6.07) is 153. The number of benzene rings is 23. The van der Waals surface area contributed by atoms with E-state index in [2.05, 4.69) is 334 Å². The van der Waals surface area contributed by atoms with Gasteiger partial charge in [0.1, 0.15) is 16.6 Å². The highest BCUT2D eigenvalue weighted by Crippen LogP contribution is 2.46. The number of oxazole rings is 3. The van der Waals surface area contributed by atoms with Crippen molar-refractivity contribution >= 4 is 163 Å². The average Bonchev–Trinajstić information content (AvgIpc) is 1.74. The number of fused-ring (bicyclic) bond motifs is 24. The van der Waals surface area contributed by atoms with Crippen LogP contribution < -0.4 is 0 Å². The van der Waals surface area contributed by atoms with E-state index in [1.165, 1.54) is 153 Å². The summed E-state index contributed by atoms with van der Waals surface area (Å²) >= 11 is 0. The summed E-state index contributed by atoms with van der Waals surface area (Å²) in [6.07, 6.45) is 0. The van der Waals surface area contributed by atoms with E-state index in [-0.39, 0.29) is 0 Å². The van der Waals surface area contributed by atoms with Crippen LogP contribution in [-0.2, 0) is 0 Å².